The highest BCUT2D eigenvalue weighted by Gasteiger charge is 2.12. The monoisotopic (exact) mass is 410 g/mol. The van der Waals surface area contributed by atoms with Gasteiger partial charge in [-0.15, -0.1) is 11.3 Å². The van der Waals surface area contributed by atoms with E-state index in [1.54, 1.807) is 38.5 Å². The van der Waals surface area contributed by atoms with Gasteiger partial charge < -0.3 is 20.1 Å². The third-order valence-corrected chi connectivity index (χ3v) is 5.33. The molecule has 0 bridgehead atoms. The molecule has 2 N–H and O–H groups in total. The van der Waals surface area contributed by atoms with E-state index in [1.165, 1.54) is 11.3 Å². The summed E-state index contributed by atoms with van der Waals surface area (Å²) in [5.41, 5.74) is 1.55. The number of methoxy groups -OCH3 is 2. The van der Waals surface area contributed by atoms with Gasteiger partial charge in [0.2, 0.25) is 5.78 Å². The lowest BCUT2D eigenvalue weighted by atomic mass is 10.1. The van der Waals surface area contributed by atoms with Gasteiger partial charge in [-0.1, -0.05) is 36.4 Å². The molecule has 3 aromatic rings. The van der Waals surface area contributed by atoms with E-state index in [0.717, 1.165) is 10.4 Å². The summed E-state index contributed by atoms with van der Waals surface area (Å²) in [4.78, 5) is 26.1. The fourth-order valence-electron chi connectivity index (χ4n) is 2.73. The van der Waals surface area contributed by atoms with Crippen molar-refractivity contribution in [3.63, 3.8) is 0 Å². The average Bonchev–Trinajstić information content (AvgIpc) is 3.25. The van der Waals surface area contributed by atoms with Crippen LogP contribution in [0, 0.1) is 0 Å². The maximum absolute atomic E-state index is 12.4. The molecule has 0 unspecified atom stereocenters. The summed E-state index contributed by atoms with van der Waals surface area (Å²) in [5, 5.41) is 5.61. The Morgan fingerprint density at radius 1 is 0.862 bits per heavy atom. The van der Waals surface area contributed by atoms with Gasteiger partial charge in [0.15, 0.2) is 11.5 Å². The van der Waals surface area contributed by atoms with Gasteiger partial charge >= 0.3 is 6.03 Å². The number of ether oxygens (including phenoxy) is 2. The van der Waals surface area contributed by atoms with Crippen LogP contribution in [0.4, 0.5) is 4.79 Å². The van der Waals surface area contributed by atoms with Gasteiger partial charge in [0, 0.05) is 17.0 Å². The Morgan fingerprint density at radius 2 is 1.59 bits per heavy atom. The van der Waals surface area contributed by atoms with E-state index in [2.05, 4.69) is 10.6 Å². The minimum absolute atomic E-state index is 0.0141. The molecule has 150 valence electrons. The van der Waals surface area contributed by atoms with E-state index in [1.807, 2.05) is 36.4 Å². The molecule has 29 heavy (non-hydrogen) atoms. The first kappa shape index (κ1) is 20.4. The third kappa shape index (κ3) is 5.36. The second-order valence-electron chi connectivity index (χ2n) is 6.19. The first-order valence-electron chi connectivity index (χ1n) is 9.01. The zero-order valence-corrected chi connectivity index (χ0v) is 17.0. The number of ketones is 1. The van der Waals surface area contributed by atoms with Crippen molar-refractivity contribution in [1.29, 1.82) is 0 Å². The topological polar surface area (TPSA) is 76.7 Å². The fourth-order valence-corrected chi connectivity index (χ4v) is 3.64. The first-order chi connectivity index (χ1) is 14.1. The summed E-state index contributed by atoms with van der Waals surface area (Å²) in [6.45, 7) is 0.707. The second-order valence-corrected chi connectivity index (χ2v) is 7.36. The molecule has 3 rings (SSSR count). The van der Waals surface area contributed by atoms with Gasteiger partial charge in [0.05, 0.1) is 25.6 Å². The van der Waals surface area contributed by atoms with Gasteiger partial charge in [-0.25, -0.2) is 4.79 Å². The summed E-state index contributed by atoms with van der Waals surface area (Å²) < 4.78 is 10.5. The fraction of sp³-hybridized carbons (Fsp3) is 0.182. The highest BCUT2D eigenvalue weighted by Crippen LogP contribution is 2.27. The van der Waals surface area contributed by atoms with Crippen molar-refractivity contribution < 1.29 is 19.1 Å². The van der Waals surface area contributed by atoms with Crippen molar-refractivity contribution >= 4 is 23.2 Å². The highest BCUT2D eigenvalue weighted by molar-refractivity contribution is 7.14. The molecule has 2 aromatic carbocycles. The van der Waals surface area contributed by atoms with Crippen LogP contribution in [0.2, 0.25) is 0 Å². The number of carbonyl (C=O) groups is 2. The van der Waals surface area contributed by atoms with Crippen LogP contribution in [0.5, 0.6) is 11.5 Å². The Labute approximate surface area is 173 Å². The van der Waals surface area contributed by atoms with Gasteiger partial charge in [0.1, 0.15) is 0 Å². The molecule has 0 aliphatic rings. The summed E-state index contributed by atoms with van der Waals surface area (Å²) in [6, 6.07) is 18.0. The lowest BCUT2D eigenvalue weighted by Gasteiger charge is -2.10. The van der Waals surface area contributed by atoms with Crippen LogP contribution in [0.25, 0.3) is 0 Å². The lowest BCUT2D eigenvalue weighted by Crippen LogP contribution is -2.34. The molecule has 0 radical (unpaired) electrons. The van der Waals surface area contributed by atoms with Gasteiger partial charge in [-0.2, -0.15) is 0 Å². The molecular formula is C22H22N2O4S. The molecule has 0 fully saturated rings. The van der Waals surface area contributed by atoms with Crippen LogP contribution >= 0.6 is 11.3 Å². The highest BCUT2D eigenvalue weighted by atomic mass is 32.1. The molecule has 0 saturated heterocycles. The summed E-state index contributed by atoms with van der Waals surface area (Å²) in [7, 11) is 3.15. The molecule has 0 aliphatic heterocycles. The Bertz CT molecular complexity index is 985. The normalized spacial score (nSPS) is 10.3. The molecule has 0 aliphatic carbocycles. The van der Waals surface area contributed by atoms with Gasteiger partial charge in [0.25, 0.3) is 0 Å². The standard InChI is InChI=1S/C22H22N2O4S/c1-27-18-10-8-15(12-19(18)28-2)13-23-22(26)24-14-17-9-11-20(29-17)21(25)16-6-4-3-5-7-16/h3-12H,13-14H2,1-2H3,(H2,23,24,26). The molecule has 0 saturated carbocycles. The quantitative estimate of drug-likeness (QED) is 0.551. The largest absolute Gasteiger partial charge is 0.493 e. The number of carbonyl (C=O) groups excluding carboxylic acids is 2. The van der Waals surface area contributed by atoms with E-state index in [-0.39, 0.29) is 11.8 Å². The van der Waals surface area contributed by atoms with Crippen molar-refractivity contribution in [3.8, 4) is 11.5 Å². The summed E-state index contributed by atoms with van der Waals surface area (Å²) >= 11 is 1.38. The van der Waals surface area contributed by atoms with Crippen LogP contribution < -0.4 is 20.1 Å². The van der Waals surface area contributed by atoms with E-state index in [4.69, 9.17) is 9.47 Å². The van der Waals surface area contributed by atoms with Crippen LogP contribution in [-0.2, 0) is 13.1 Å². The Morgan fingerprint density at radius 3 is 2.31 bits per heavy atom. The molecule has 1 heterocycles. The van der Waals surface area contributed by atoms with E-state index < -0.39 is 0 Å². The van der Waals surface area contributed by atoms with Crippen LogP contribution in [0.15, 0.2) is 60.7 Å². The maximum atomic E-state index is 12.4. The minimum atomic E-state index is -0.288. The predicted octanol–water partition coefficient (Wildman–Crippen LogP) is 4.00. The van der Waals surface area contributed by atoms with Crippen LogP contribution in [-0.4, -0.2) is 26.0 Å². The van der Waals surface area contributed by atoms with Gasteiger partial charge in [-0.05, 0) is 29.8 Å². The summed E-state index contributed by atoms with van der Waals surface area (Å²) in [6.07, 6.45) is 0. The second kappa shape index (κ2) is 9.75. The summed E-state index contributed by atoms with van der Waals surface area (Å²) in [5.74, 6) is 1.24. The number of rotatable bonds is 8. The molecule has 1 aromatic heterocycles. The van der Waals surface area contributed by atoms with Crippen LogP contribution in [0.1, 0.15) is 25.7 Å². The molecule has 0 spiro atoms. The number of hydrogen-bond acceptors (Lipinski definition) is 5. The first-order valence-corrected chi connectivity index (χ1v) is 9.83. The van der Waals surface area contributed by atoms with Crippen molar-refractivity contribution in [2.75, 3.05) is 14.2 Å². The number of urea groups is 1. The van der Waals surface area contributed by atoms with Crippen molar-refractivity contribution in [1.82, 2.24) is 10.6 Å². The Balaban J connectivity index is 1.50. The molecule has 2 amide bonds. The minimum Gasteiger partial charge on any atom is -0.493 e. The molecule has 0 atom stereocenters. The number of hydrogen-bond donors (Lipinski definition) is 2. The number of thiophene rings is 1. The zero-order valence-electron chi connectivity index (χ0n) is 16.2. The molecule has 7 heteroatoms. The third-order valence-electron chi connectivity index (χ3n) is 4.25. The lowest BCUT2D eigenvalue weighted by molar-refractivity contribution is 0.104. The van der Waals surface area contributed by atoms with Gasteiger partial charge in [-0.3, -0.25) is 4.79 Å². The Hall–Kier alpha value is -3.32. The van der Waals surface area contributed by atoms with Crippen molar-refractivity contribution in [2.24, 2.45) is 0 Å². The number of amides is 2. The molecule has 6 nitrogen and oxygen atoms in total. The zero-order chi connectivity index (χ0) is 20.6. The smallest absolute Gasteiger partial charge is 0.315 e. The Kier molecular flexibility index (Phi) is 6.86. The van der Waals surface area contributed by atoms with Crippen LogP contribution in [0.3, 0.4) is 0 Å². The SMILES string of the molecule is COc1ccc(CNC(=O)NCc2ccc(C(=O)c3ccccc3)s2)cc1OC. The number of nitrogens with one attached hydrogen (secondary N) is 2. The van der Waals surface area contributed by atoms with E-state index >= 15 is 0 Å². The average molecular weight is 410 g/mol. The van der Waals surface area contributed by atoms with E-state index in [0.29, 0.717) is 35.0 Å². The van der Waals surface area contributed by atoms with E-state index in [9.17, 15) is 9.59 Å². The van der Waals surface area contributed by atoms with Crippen molar-refractivity contribution in [3.05, 3.63) is 81.5 Å². The molecular weight excluding hydrogens is 388 g/mol. The van der Waals surface area contributed by atoms with Crippen molar-refractivity contribution in [2.45, 2.75) is 13.1 Å². The maximum Gasteiger partial charge on any atom is 0.315 e. The predicted molar refractivity (Wildman–Crippen MR) is 113 cm³/mol. The number of benzene rings is 2.